The van der Waals surface area contributed by atoms with Gasteiger partial charge in [0.1, 0.15) is 23.5 Å². The van der Waals surface area contributed by atoms with E-state index >= 15 is 0 Å². The second kappa shape index (κ2) is 9.10. The number of hydrogen-bond acceptors (Lipinski definition) is 3. The average molecular weight is 434 g/mol. The topological polar surface area (TPSA) is 75.3 Å². The number of sulfonamides is 1. The van der Waals surface area contributed by atoms with Crippen molar-refractivity contribution in [1.29, 1.82) is 0 Å². The van der Waals surface area contributed by atoms with Gasteiger partial charge in [0.2, 0.25) is 15.9 Å². The molecule has 3 aromatic carbocycles. The third-order valence-corrected chi connectivity index (χ3v) is 5.70. The van der Waals surface area contributed by atoms with E-state index in [-0.39, 0.29) is 17.0 Å². The Bertz CT molecular complexity index is 1140. The van der Waals surface area contributed by atoms with Gasteiger partial charge in [-0.25, -0.2) is 21.6 Å². The first-order chi connectivity index (χ1) is 14.2. The molecule has 5 nitrogen and oxygen atoms in total. The molecule has 1 atom stereocenters. The molecule has 30 heavy (non-hydrogen) atoms. The molecule has 0 saturated carbocycles. The normalized spacial score (nSPS) is 12.4. The molecule has 0 heterocycles. The summed E-state index contributed by atoms with van der Waals surface area (Å²) in [5.41, 5.74) is 0.361. The third kappa shape index (κ3) is 5.46. The molecule has 0 fully saturated rings. The molecule has 0 aliphatic carbocycles. The van der Waals surface area contributed by atoms with Gasteiger partial charge >= 0.3 is 0 Å². The van der Waals surface area contributed by atoms with Gasteiger partial charge < -0.3 is 5.32 Å². The predicted molar refractivity (Wildman–Crippen MR) is 106 cm³/mol. The van der Waals surface area contributed by atoms with Crippen LogP contribution in [0.1, 0.15) is 5.56 Å². The van der Waals surface area contributed by atoms with Crippen molar-refractivity contribution < 1.29 is 26.4 Å². The number of halogens is 3. The van der Waals surface area contributed by atoms with Gasteiger partial charge in [0, 0.05) is 6.07 Å². The molecule has 0 radical (unpaired) electrons. The van der Waals surface area contributed by atoms with E-state index in [1.165, 1.54) is 0 Å². The zero-order valence-electron chi connectivity index (χ0n) is 15.5. The zero-order chi connectivity index (χ0) is 21.7. The monoisotopic (exact) mass is 434 g/mol. The largest absolute Gasteiger partial charge is 0.322 e. The van der Waals surface area contributed by atoms with Crippen molar-refractivity contribution in [1.82, 2.24) is 4.72 Å². The molecule has 3 aromatic rings. The molecule has 0 spiro atoms. The molecular weight excluding hydrogens is 417 g/mol. The number of carbonyl (C=O) groups excluding carboxylic acids is 1. The summed E-state index contributed by atoms with van der Waals surface area (Å²) in [6.45, 7) is 0. The van der Waals surface area contributed by atoms with Crippen molar-refractivity contribution in [3.63, 3.8) is 0 Å². The van der Waals surface area contributed by atoms with E-state index in [0.29, 0.717) is 11.6 Å². The molecule has 0 saturated heterocycles. The number of anilines is 1. The van der Waals surface area contributed by atoms with Gasteiger partial charge in [-0.15, -0.1) is 0 Å². The highest BCUT2D eigenvalue weighted by atomic mass is 32.2. The molecule has 3 rings (SSSR count). The van der Waals surface area contributed by atoms with Gasteiger partial charge in [-0.2, -0.15) is 4.72 Å². The summed E-state index contributed by atoms with van der Waals surface area (Å²) in [5.74, 6) is -3.26. The first-order valence-corrected chi connectivity index (χ1v) is 10.3. The number of nitrogens with one attached hydrogen (secondary N) is 2. The number of hydrogen-bond donors (Lipinski definition) is 2. The van der Waals surface area contributed by atoms with E-state index in [4.69, 9.17) is 0 Å². The summed E-state index contributed by atoms with van der Waals surface area (Å²) < 4.78 is 67.8. The number of amides is 1. The predicted octanol–water partition coefficient (Wildman–Crippen LogP) is 3.63. The van der Waals surface area contributed by atoms with Crippen LogP contribution < -0.4 is 10.0 Å². The molecule has 0 aliphatic heterocycles. The fraction of sp³-hybridized carbons (Fsp3) is 0.0952. The Morgan fingerprint density at radius 3 is 2.13 bits per heavy atom. The average Bonchev–Trinajstić information content (AvgIpc) is 2.70. The van der Waals surface area contributed by atoms with E-state index in [9.17, 15) is 26.4 Å². The van der Waals surface area contributed by atoms with Crippen molar-refractivity contribution in [3.8, 4) is 0 Å². The summed E-state index contributed by atoms with van der Waals surface area (Å²) in [6, 6.07) is 14.0. The van der Waals surface area contributed by atoms with Crippen molar-refractivity contribution in [2.75, 3.05) is 5.32 Å². The van der Waals surface area contributed by atoms with Crippen molar-refractivity contribution >= 4 is 21.6 Å². The lowest BCUT2D eigenvalue weighted by Gasteiger charge is -2.19. The summed E-state index contributed by atoms with van der Waals surface area (Å²) in [6.07, 6.45) is -0.0318. The van der Waals surface area contributed by atoms with Crippen LogP contribution in [-0.2, 0) is 21.2 Å². The minimum atomic E-state index is -4.18. The number of rotatable bonds is 7. The van der Waals surface area contributed by atoms with Gasteiger partial charge in [-0.3, -0.25) is 4.79 Å². The van der Waals surface area contributed by atoms with E-state index < -0.39 is 39.4 Å². The second-order valence-corrected chi connectivity index (χ2v) is 8.14. The second-order valence-electron chi connectivity index (χ2n) is 6.43. The van der Waals surface area contributed by atoms with Crippen LogP contribution in [0.3, 0.4) is 0 Å². The standard InChI is InChI=1S/C21H17F3N2O3S/c22-15-6-9-17(10-7-15)30(28,29)26-20(12-14-4-2-1-3-5-14)21(27)25-19-11-8-16(23)13-18(19)24/h1-11,13,20,26H,12H2,(H,25,27)/t20-/m0/s1. The molecule has 0 aliphatic rings. The van der Waals surface area contributed by atoms with Crippen molar-refractivity contribution in [3.05, 3.63) is 95.8 Å². The van der Waals surface area contributed by atoms with Crippen LogP contribution in [0.15, 0.2) is 77.7 Å². The smallest absolute Gasteiger partial charge is 0.242 e. The third-order valence-electron chi connectivity index (χ3n) is 4.21. The van der Waals surface area contributed by atoms with Crippen LogP contribution in [0.2, 0.25) is 0 Å². The molecule has 9 heteroatoms. The molecule has 156 valence electrons. The Labute approximate surface area is 171 Å². The van der Waals surface area contributed by atoms with Crippen molar-refractivity contribution in [2.24, 2.45) is 0 Å². The van der Waals surface area contributed by atoms with E-state index in [1.54, 1.807) is 30.3 Å². The van der Waals surface area contributed by atoms with Crippen LogP contribution >= 0.6 is 0 Å². The summed E-state index contributed by atoms with van der Waals surface area (Å²) in [4.78, 5) is 12.5. The summed E-state index contributed by atoms with van der Waals surface area (Å²) in [7, 11) is -4.18. The molecular formula is C21H17F3N2O3S. The van der Waals surface area contributed by atoms with Gasteiger partial charge in [-0.1, -0.05) is 30.3 Å². The number of carbonyl (C=O) groups is 1. The van der Waals surface area contributed by atoms with Gasteiger partial charge in [0.25, 0.3) is 0 Å². The van der Waals surface area contributed by atoms with Gasteiger partial charge in [0.15, 0.2) is 0 Å². The molecule has 1 amide bonds. The van der Waals surface area contributed by atoms with Crippen LogP contribution in [0, 0.1) is 17.5 Å². The highest BCUT2D eigenvalue weighted by Crippen LogP contribution is 2.17. The minimum Gasteiger partial charge on any atom is -0.322 e. The maximum absolute atomic E-state index is 13.9. The maximum Gasteiger partial charge on any atom is 0.242 e. The lowest BCUT2D eigenvalue weighted by Crippen LogP contribution is -2.45. The Balaban J connectivity index is 1.87. The molecule has 0 unspecified atom stereocenters. The first-order valence-electron chi connectivity index (χ1n) is 8.82. The highest BCUT2D eigenvalue weighted by Gasteiger charge is 2.27. The molecule has 2 N–H and O–H groups in total. The van der Waals surface area contributed by atoms with Gasteiger partial charge in [0.05, 0.1) is 10.6 Å². The lowest BCUT2D eigenvalue weighted by molar-refractivity contribution is -0.117. The van der Waals surface area contributed by atoms with Gasteiger partial charge in [-0.05, 0) is 48.4 Å². The molecule has 0 aromatic heterocycles. The van der Waals surface area contributed by atoms with E-state index in [1.807, 2.05) is 0 Å². The first kappa shape index (κ1) is 21.5. The fourth-order valence-electron chi connectivity index (χ4n) is 2.72. The number of benzene rings is 3. The Morgan fingerprint density at radius 1 is 0.867 bits per heavy atom. The quantitative estimate of drug-likeness (QED) is 0.596. The zero-order valence-corrected chi connectivity index (χ0v) is 16.3. The Kier molecular flexibility index (Phi) is 6.53. The fourth-order valence-corrected chi connectivity index (χ4v) is 3.91. The van der Waals surface area contributed by atoms with Crippen LogP contribution in [0.25, 0.3) is 0 Å². The van der Waals surface area contributed by atoms with Crippen LogP contribution in [-0.4, -0.2) is 20.4 Å². The van der Waals surface area contributed by atoms with Crippen LogP contribution in [0.5, 0.6) is 0 Å². The highest BCUT2D eigenvalue weighted by molar-refractivity contribution is 7.89. The summed E-state index contributed by atoms with van der Waals surface area (Å²) >= 11 is 0. The minimum absolute atomic E-state index is 0.0318. The molecule has 0 bridgehead atoms. The van der Waals surface area contributed by atoms with E-state index in [2.05, 4.69) is 10.0 Å². The summed E-state index contributed by atoms with van der Waals surface area (Å²) in [5, 5.41) is 2.27. The Morgan fingerprint density at radius 2 is 1.50 bits per heavy atom. The maximum atomic E-state index is 13.9. The van der Waals surface area contributed by atoms with E-state index in [0.717, 1.165) is 36.4 Å². The van der Waals surface area contributed by atoms with Crippen LogP contribution in [0.4, 0.5) is 18.9 Å². The Hall–Kier alpha value is -3.17. The van der Waals surface area contributed by atoms with Crippen molar-refractivity contribution in [2.45, 2.75) is 17.4 Å². The SMILES string of the molecule is O=C(Nc1ccc(F)cc1F)[C@H](Cc1ccccc1)NS(=O)(=O)c1ccc(F)cc1. The lowest BCUT2D eigenvalue weighted by atomic mass is 10.1.